The normalized spacial score (nSPS) is 47.4. The lowest BCUT2D eigenvalue weighted by molar-refractivity contribution is -0.111. The van der Waals surface area contributed by atoms with Crippen LogP contribution in [0.5, 0.6) is 0 Å². The van der Waals surface area contributed by atoms with Crippen molar-refractivity contribution in [3.05, 3.63) is 0 Å². The minimum absolute atomic E-state index is 0.450. The highest BCUT2D eigenvalue weighted by Gasteiger charge is 2.52. The molecule has 0 amide bonds. The van der Waals surface area contributed by atoms with Gasteiger partial charge in [-0.1, -0.05) is 26.7 Å². The molecule has 2 atom stereocenters. The van der Waals surface area contributed by atoms with Crippen LogP contribution in [0.2, 0.25) is 0 Å². The van der Waals surface area contributed by atoms with Crippen LogP contribution >= 0.6 is 0 Å². The maximum absolute atomic E-state index is 11.0. The molecule has 2 unspecified atom stereocenters. The molecular formula is C15H25NO. The maximum atomic E-state index is 11.0. The Kier molecular flexibility index (Phi) is 3.50. The molecule has 0 bridgehead atoms. The van der Waals surface area contributed by atoms with Crippen molar-refractivity contribution in [1.29, 1.82) is 5.26 Å². The van der Waals surface area contributed by atoms with E-state index in [1.54, 1.807) is 0 Å². The van der Waals surface area contributed by atoms with E-state index in [0.717, 1.165) is 50.9 Å². The third kappa shape index (κ3) is 2.22. The molecule has 2 rings (SSSR count). The molecule has 0 aromatic heterocycles. The van der Waals surface area contributed by atoms with Crippen molar-refractivity contribution in [3.8, 4) is 6.07 Å². The lowest BCUT2D eigenvalue weighted by Crippen LogP contribution is -2.51. The van der Waals surface area contributed by atoms with Gasteiger partial charge in [-0.2, -0.15) is 5.26 Å². The van der Waals surface area contributed by atoms with Gasteiger partial charge < -0.3 is 5.11 Å². The molecule has 0 saturated heterocycles. The predicted octanol–water partition coefficient (Wildman–Crippen LogP) is 3.65. The van der Waals surface area contributed by atoms with E-state index >= 15 is 0 Å². The minimum Gasteiger partial charge on any atom is -0.388 e. The second-order valence-corrected chi connectivity index (χ2v) is 6.61. The first-order chi connectivity index (χ1) is 8.01. The largest absolute Gasteiger partial charge is 0.388 e. The van der Waals surface area contributed by atoms with Gasteiger partial charge >= 0.3 is 0 Å². The van der Waals surface area contributed by atoms with Crippen LogP contribution in [-0.4, -0.2) is 10.7 Å². The molecule has 2 saturated carbocycles. The van der Waals surface area contributed by atoms with Crippen molar-refractivity contribution in [2.45, 2.75) is 70.8 Å². The fraction of sp³-hybridized carbons (Fsp3) is 0.933. The summed E-state index contributed by atoms with van der Waals surface area (Å²) in [6.07, 6.45) is 7.95. The van der Waals surface area contributed by atoms with E-state index < -0.39 is 11.0 Å². The van der Waals surface area contributed by atoms with Gasteiger partial charge in [0.15, 0.2) is 0 Å². The summed E-state index contributed by atoms with van der Waals surface area (Å²) < 4.78 is 0. The maximum Gasteiger partial charge on any atom is 0.0860 e. The number of hydrogen-bond donors (Lipinski definition) is 1. The van der Waals surface area contributed by atoms with Gasteiger partial charge in [-0.25, -0.2) is 0 Å². The summed E-state index contributed by atoms with van der Waals surface area (Å²) in [7, 11) is 0. The van der Waals surface area contributed by atoms with Gasteiger partial charge in [0.2, 0.25) is 0 Å². The zero-order valence-electron chi connectivity index (χ0n) is 11.2. The molecule has 96 valence electrons. The van der Waals surface area contributed by atoms with Crippen molar-refractivity contribution in [2.75, 3.05) is 0 Å². The Labute approximate surface area is 105 Å². The van der Waals surface area contributed by atoms with Gasteiger partial charge in [0.1, 0.15) is 0 Å². The Balaban J connectivity index is 2.19. The summed E-state index contributed by atoms with van der Waals surface area (Å²) in [5.41, 5.74) is -1.16. The molecule has 0 aliphatic heterocycles. The molecule has 17 heavy (non-hydrogen) atoms. The van der Waals surface area contributed by atoms with Crippen molar-refractivity contribution in [3.63, 3.8) is 0 Å². The van der Waals surface area contributed by atoms with Crippen LogP contribution in [0, 0.1) is 28.6 Å². The molecule has 2 aliphatic carbocycles. The van der Waals surface area contributed by atoms with Crippen LogP contribution in [0.3, 0.4) is 0 Å². The first kappa shape index (κ1) is 12.9. The average Bonchev–Trinajstić information content (AvgIpc) is 2.30. The van der Waals surface area contributed by atoms with Crippen molar-refractivity contribution >= 4 is 0 Å². The molecular weight excluding hydrogens is 210 g/mol. The lowest BCUT2D eigenvalue weighted by atomic mass is 9.57. The van der Waals surface area contributed by atoms with Crippen molar-refractivity contribution < 1.29 is 5.11 Å². The first-order valence-electron chi connectivity index (χ1n) is 7.15. The van der Waals surface area contributed by atoms with Gasteiger partial charge in [-0.15, -0.1) is 0 Å². The summed E-state index contributed by atoms with van der Waals surface area (Å²) in [6, 6.07) is 2.52. The molecule has 2 heteroatoms. The second kappa shape index (κ2) is 4.61. The van der Waals surface area contributed by atoms with Gasteiger partial charge in [0.05, 0.1) is 17.1 Å². The number of aliphatic hydroxyl groups is 1. The van der Waals surface area contributed by atoms with E-state index in [0.29, 0.717) is 5.92 Å². The highest BCUT2D eigenvalue weighted by Crippen LogP contribution is 2.52. The van der Waals surface area contributed by atoms with E-state index in [4.69, 9.17) is 0 Å². The molecule has 2 nitrogen and oxygen atoms in total. The summed E-state index contributed by atoms with van der Waals surface area (Å²) >= 11 is 0. The van der Waals surface area contributed by atoms with Gasteiger partial charge in [0.25, 0.3) is 0 Å². The van der Waals surface area contributed by atoms with Gasteiger partial charge in [-0.05, 0) is 50.4 Å². The number of nitriles is 1. The fourth-order valence-electron chi connectivity index (χ4n) is 3.89. The summed E-state index contributed by atoms with van der Waals surface area (Å²) in [5.74, 6) is 1.29. The zero-order valence-corrected chi connectivity index (χ0v) is 11.2. The van der Waals surface area contributed by atoms with Gasteiger partial charge in [-0.3, -0.25) is 0 Å². The molecule has 0 spiro atoms. The Morgan fingerprint density at radius 1 is 1.06 bits per heavy atom. The van der Waals surface area contributed by atoms with E-state index in [2.05, 4.69) is 19.9 Å². The molecule has 2 fully saturated rings. The molecule has 0 heterocycles. The van der Waals surface area contributed by atoms with Crippen LogP contribution in [0.4, 0.5) is 0 Å². The molecule has 0 aromatic rings. The Bertz CT molecular complexity index is 311. The number of hydrogen-bond acceptors (Lipinski definition) is 2. The second-order valence-electron chi connectivity index (χ2n) is 6.61. The topological polar surface area (TPSA) is 44.0 Å². The molecule has 0 radical (unpaired) electrons. The highest BCUT2D eigenvalue weighted by atomic mass is 16.3. The van der Waals surface area contributed by atoms with Crippen LogP contribution < -0.4 is 0 Å². The van der Waals surface area contributed by atoms with Crippen molar-refractivity contribution in [1.82, 2.24) is 0 Å². The third-order valence-electron chi connectivity index (χ3n) is 5.21. The fourth-order valence-corrected chi connectivity index (χ4v) is 3.89. The SMILES string of the molecule is CC1CCC(C#N)(C2(O)CCCC(C)C2)CC1. The summed E-state index contributed by atoms with van der Waals surface area (Å²) in [5, 5.41) is 20.6. The minimum atomic E-state index is -0.709. The highest BCUT2D eigenvalue weighted by molar-refractivity contribution is 5.14. The Morgan fingerprint density at radius 2 is 1.71 bits per heavy atom. The summed E-state index contributed by atoms with van der Waals surface area (Å²) in [6.45, 7) is 4.47. The van der Waals surface area contributed by atoms with Crippen LogP contribution in [0.1, 0.15) is 65.2 Å². The van der Waals surface area contributed by atoms with Crippen LogP contribution in [0.25, 0.3) is 0 Å². The van der Waals surface area contributed by atoms with Crippen LogP contribution in [-0.2, 0) is 0 Å². The van der Waals surface area contributed by atoms with Gasteiger partial charge in [0, 0.05) is 0 Å². The molecule has 1 N–H and O–H groups in total. The standard InChI is InChI=1S/C15H25NO/c1-12-5-8-14(11-16,9-6-12)15(17)7-3-4-13(2)10-15/h12-13,17H,3-10H2,1-2H3. The van der Waals surface area contributed by atoms with Crippen LogP contribution in [0.15, 0.2) is 0 Å². The van der Waals surface area contributed by atoms with E-state index in [1.807, 2.05) is 0 Å². The quantitative estimate of drug-likeness (QED) is 0.754. The average molecular weight is 235 g/mol. The predicted molar refractivity (Wildman–Crippen MR) is 68.3 cm³/mol. The zero-order chi connectivity index (χ0) is 12.5. The first-order valence-corrected chi connectivity index (χ1v) is 7.15. The third-order valence-corrected chi connectivity index (χ3v) is 5.21. The lowest BCUT2D eigenvalue weighted by Gasteiger charge is -2.49. The Morgan fingerprint density at radius 3 is 2.24 bits per heavy atom. The van der Waals surface area contributed by atoms with E-state index in [-0.39, 0.29) is 0 Å². The number of nitrogens with zero attached hydrogens (tertiary/aromatic N) is 1. The van der Waals surface area contributed by atoms with E-state index in [9.17, 15) is 10.4 Å². The molecule has 2 aliphatic rings. The number of rotatable bonds is 1. The smallest absolute Gasteiger partial charge is 0.0860 e. The monoisotopic (exact) mass is 235 g/mol. The van der Waals surface area contributed by atoms with Crippen molar-refractivity contribution in [2.24, 2.45) is 17.3 Å². The van der Waals surface area contributed by atoms with E-state index in [1.165, 1.54) is 6.42 Å². The Hall–Kier alpha value is -0.550. The summed E-state index contributed by atoms with van der Waals surface area (Å²) in [4.78, 5) is 0. The molecule has 0 aromatic carbocycles.